The molecule has 4 heteroatoms. The van der Waals surface area contributed by atoms with Crippen LogP contribution in [0.3, 0.4) is 0 Å². The highest BCUT2D eigenvalue weighted by atomic mass is 79.9. The van der Waals surface area contributed by atoms with Crippen LogP contribution in [-0.2, 0) is 0 Å². The molecule has 2 aromatic carbocycles. The smallest absolute Gasteiger partial charge is 0.137 e. The largest absolute Gasteiger partial charge is 0.384 e. The molecule has 0 aliphatic heterocycles. The van der Waals surface area contributed by atoms with Crippen molar-refractivity contribution in [3.05, 3.63) is 76.1 Å². The highest BCUT2D eigenvalue weighted by molar-refractivity contribution is 9.10. The van der Waals surface area contributed by atoms with E-state index in [1.165, 1.54) is 6.07 Å². The minimum absolute atomic E-state index is 0.291. The van der Waals surface area contributed by atoms with Crippen LogP contribution in [0.25, 0.3) is 10.9 Å². The van der Waals surface area contributed by atoms with Gasteiger partial charge in [-0.3, -0.25) is 4.98 Å². The van der Waals surface area contributed by atoms with Gasteiger partial charge in [0.1, 0.15) is 11.9 Å². The van der Waals surface area contributed by atoms with Crippen molar-refractivity contribution in [2.45, 2.75) is 6.10 Å². The fourth-order valence-electron chi connectivity index (χ4n) is 2.18. The Hall–Kier alpha value is -1.78. The van der Waals surface area contributed by atoms with Crippen LogP contribution in [0.15, 0.2) is 59.2 Å². The van der Waals surface area contributed by atoms with Crippen molar-refractivity contribution in [2.75, 3.05) is 0 Å². The molecule has 3 rings (SSSR count). The van der Waals surface area contributed by atoms with Crippen LogP contribution in [0.4, 0.5) is 4.39 Å². The van der Waals surface area contributed by atoms with Crippen LogP contribution in [0.5, 0.6) is 0 Å². The molecule has 1 heterocycles. The number of aliphatic hydroxyl groups is 1. The molecule has 0 saturated carbocycles. The van der Waals surface area contributed by atoms with Gasteiger partial charge >= 0.3 is 0 Å². The van der Waals surface area contributed by atoms with Gasteiger partial charge < -0.3 is 5.11 Å². The number of aromatic nitrogens is 1. The van der Waals surface area contributed by atoms with E-state index in [-0.39, 0.29) is 5.82 Å². The van der Waals surface area contributed by atoms with Crippen molar-refractivity contribution in [1.82, 2.24) is 4.98 Å². The Labute approximate surface area is 124 Å². The zero-order chi connectivity index (χ0) is 14.1. The molecule has 0 spiro atoms. The van der Waals surface area contributed by atoms with E-state index in [2.05, 4.69) is 20.9 Å². The summed E-state index contributed by atoms with van der Waals surface area (Å²) in [5, 5.41) is 11.4. The van der Waals surface area contributed by atoms with E-state index in [4.69, 9.17) is 0 Å². The van der Waals surface area contributed by atoms with E-state index in [0.29, 0.717) is 15.6 Å². The average Bonchev–Trinajstić information content (AvgIpc) is 2.49. The molecule has 20 heavy (non-hydrogen) atoms. The predicted molar refractivity (Wildman–Crippen MR) is 79.9 cm³/mol. The second kappa shape index (κ2) is 5.31. The van der Waals surface area contributed by atoms with Gasteiger partial charge in [0.15, 0.2) is 0 Å². The molecule has 3 aromatic rings. The van der Waals surface area contributed by atoms with E-state index in [0.717, 1.165) is 10.9 Å². The molecular formula is C16H11BrFNO. The standard InChI is InChI=1S/C16H11BrFNO/c17-15-12(4-1-5-13(15)18)16(20)11-6-7-14-10(9-11)3-2-8-19-14/h1-9,16,20H. The minimum atomic E-state index is -0.885. The Morgan fingerprint density at radius 1 is 1.10 bits per heavy atom. The maximum absolute atomic E-state index is 13.5. The fourth-order valence-corrected chi connectivity index (χ4v) is 2.66. The third-order valence-corrected chi connectivity index (χ3v) is 4.06. The van der Waals surface area contributed by atoms with Gasteiger partial charge in [0.2, 0.25) is 0 Å². The fraction of sp³-hybridized carbons (Fsp3) is 0.0625. The van der Waals surface area contributed by atoms with E-state index < -0.39 is 6.10 Å². The van der Waals surface area contributed by atoms with Crippen molar-refractivity contribution in [3.8, 4) is 0 Å². The summed E-state index contributed by atoms with van der Waals surface area (Å²) in [6, 6.07) is 13.9. The lowest BCUT2D eigenvalue weighted by Crippen LogP contribution is -2.01. The Kier molecular flexibility index (Phi) is 3.51. The number of pyridine rings is 1. The zero-order valence-electron chi connectivity index (χ0n) is 10.4. The van der Waals surface area contributed by atoms with Crippen LogP contribution in [0, 0.1) is 5.82 Å². The predicted octanol–water partition coefficient (Wildman–Crippen LogP) is 4.22. The lowest BCUT2D eigenvalue weighted by Gasteiger charge is -2.14. The van der Waals surface area contributed by atoms with Crippen LogP contribution in [-0.4, -0.2) is 10.1 Å². The van der Waals surface area contributed by atoms with Crippen LogP contribution in [0.1, 0.15) is 17.2 Å². The second-order valence-corrected chi connectivity index (χ2v) is 5.29. The van der Waals surface area contributed by atoms with Crippen LogP contribution >= 0.6 is 15.9 Å². The molecule has 1 atom stereocenters. The Morgan fingerprint density at radius 2 is 1.95 bits per heavy atom. The monoisotopic (exact) mass is 331 g/mol. The molecule has 0 radical (unpaired) electrons. The van der Waals surface area contributed by atoms with E-state index in [1.807, 2.05) is 24.3 Å². The summed E-state index contributed by atoms with van der Waals surface area (Å²) in [5.74, 6) is -0.385. The lowest BCUT2D eigenvalue weighted by atomic mass is 10.00. The summed E-state index contributed by atoms with van der Waals surface area (Å²) in [7, 11) is 0. The minimum Gasteiger partial charge on any atom is -0.384 e. The van der Waals surface area contributed by atoms with Crippen molar-refractivity contribution >= 4 is 26.8 Å². The number of fused-ring (bicyclic) bond motifs is 1. The Morgan fingerprint density at radius 3 is 2.80 bits per heavy atom. The average molecular weight is 332 g/mol. The number of aliphatic hydroxyl groups excluding tert-OH is 1. The van der Waals surface area contributed by atoms with Crippen molar-refractivity contribution in [1.29, 1.82) is 0 Å². The normalized spacial score (nSPS) is 12.6. The molecule has 100 valence electrons. The molecule has 0 bridgehead atoms. The summed E-state index contributed by atoms with van der Waals surface area (Å²) in [6.45, 7) is 0. The van der Waals surface area contributed by atoms with Gasteiger partial charge in [-0.2, -0.15) is 0 Å². The molecular weight excluding hydrogens is 321 g/mol. The molecule has 1 unspecified atom stereocenters. The van der Waals surface area contributed by atoms with Gasteiger partial charge in [0.05, 0.1) is 9.99 Å². The van der Waals surface area contributed by atoms with Gasteiger partial charge in [0.25, 0.3) is 0 Å². The molecule has 1 N–H and O–H groups in total. The first-order valence-electron chi connectivity index (χ1n) is 6.13. The first kappa shape index (κ1) is 13.2. The Balaban J connectivity index is 2.08. The second-order valence-electron chi connectivity index (χ2n) is 4.50. The number of rotatable bonds is 2. The quantitative estimate of drug-likeness (QED) is 0.762. The maximum Gasteiger partial charge on any atom is 0.137 e. The van der Waals surface area contributed by atoms with E-state index in [1.54, 1.807) is 24.4 Å². The summed E-state index contributed by atoms with van der Waals surface area (Å²) >= 11 is 3.18. The van der Waals surface area contributed by atoms with Crippen LogP contribution in [0.2, 0.25) is 0 Å². The summed E-state index contributed by atoms with van der Waals surface area (Å²) in [4.78, 5) is 4.24. The number of hydrogen-bond acceptors (Lipinski definition) is 2. The Bertz CT molecular complexity index is 775. The zero-order valence-corrected chi connectivity index (χ0v) is 12.0. The molecule has 2 nitrogen and oxygen atoms in total. The number of halogens is 2. The summed E-state index contributed by atoms with van der Waals surface area (Å²) in [6.07, 6.45) is 0.839. The highest BCUT2D eigenvalue weighted by Gasteiger charge is 2.16. The molecule has 0 amide bonds. The van der Waals surface area contributed by atoms with E-state index in [9.17, 15) is 9.50 Å². The van der Waals surface area contributed by atoms with Crippen molar-refractivity contribution < 1.29 is 9.50 Å². The highest BCUT2D eigenvalue weighted by Crippen LogP contribution is 2.31. The summed E-state index contributed by atoms with van der Waals surface area (Å²) in [5.41, 5.74) is 2.08. The third-order valence-electron chi connectivity index (χ3n) is 3.22. The SMILES string of the molecule is OC(c1ccc2ncccc2c1)c1cccc(F)c1Br. The van der Waals surface area contributed by atoms with Crippen LogP contribution < -0.4 is 0 Å². The van der Waals surface area contributed by atoms with Gasteiger partial charge in [-0.05, 0) is 45.8 Å². The topological polar surface area (TPSA) is 33.1 Å². The number of nitrogens with zero attached hydrogens (tertiary/aromatic N) is 1. The molecule has 0 aliphatic rings. The summed E-state index contributed by atoms with van der Waals surface area (Å²) < 4.78 is 13.8. The van der Waals surface area contributed by atoms with Crippen molar-refractivity contribution in [3.63, 3.8) is 0 Å². The van der Waals surface area contributed by atoms with Gasteiger partial charge in [-0.15, -0.1) is 0 Å². The maximum atomic E-state index is 13.5. The molecule has 0 fully saturated rings. The van der Waals surface area contributed by atoms with Gasteiger partial charge in [-0.1, -0.05) is 24.3 Å². The van der Waals surface area contributed by atoms with Crippen molar-refractivity contribution in [2.24, 2.45) is 0 Å². The van der Waals surface area contributed by atoms with Gasteiger partial charge in [0, 0.05) is 17.1 Å². The number of hydrogen-bond donors (Lipinski definition) is 1. The lowest BCUT2D eigenvalue weighted by molar-refractivity contribution is 0.219. The van der Waals surface area contributed by atoms with Gasteiger partial charge in [-0.25, -0.2) is 4.39 Å². The number of benzene rings is 2. The molecule has 0 saturated heterocycles. The first-order valence-corrected chi connectivity index (χ1v) is 6.93. The third kappa shape index (κ3) is 2.32. The molecule has 1 aromatic heterocycles. The van der Waals surface area contributed by atoms with E-state index >= 15 is 0 Å². The first-order chi connectivity index (χ1) is 9.66. The molecule has 0 aliphatic carbocycles.